The predicted molar refractivity (Wildman–Crippen MR) is 88.3 cm³/mol. The van der Waals surface area contributed by atoms with Crippen molar-refractivity contribution in [3.05, 3.63) is 21.7 Å². The zero-order chi connectivity index (χ0) is 14.9. The van der Waals surface area contributed by atoms with Gasteiger partial charge in [0.25, 0.3) is 0 Å². The van der Waals surface area contributed by atoms with E-state index in [1.54, 1.807) is 0 Å². The van der Waals surface area contributed by atoms with Crippen LogP contribution in [0.5, 0.6) is 11.5 Å². The minimum absolute atomic E-state index is 0.124. The fourth-order valence-corrected chi connectivity index (χ4v) is 4.32. The molecular formula is C17H24BrNO2. The summed E-state index contributed by atoms with van der Waals surface area (Å²) in [7, 11) is 0. The molecular weight excluding hydrogens is 330 g/mol. The van der Waals surface area contributed by atoms with Gasteiger partial charge >= 0.3 is 0 Å². The molecule has 3 nitrogen and oxygen atoms in total. The largest absolute Gasteiger partial charge is 0.489 e. The summed E-state index contributed by atoms with van der Waals surface area (Å²) >= 11 is 3.69. The summed E-state index contributed by atoms with van der Waals surface area (Å²) in [5, 5.41) is 0. The zero-order valence-corrected chi connectivity index (χ0v) is 14.3. The quantitative estimate of drug-likeness (QED) is 0.894. The van der Waals surface area contributed by atoms with E-state index in [1.165, 1.54) is 36.8 Å². The zero-order valence-electron chi connectivity index (χ0n) is 12.7. The smallest absolute Gasteiger partial charge is 0.175 e. The lowest BCUT2D eigenvalue weighted by Crippen LogP contribution is -2.33. The molecule has 0 unspecified atom stereocenters. The van der Waals surface area contributed by atoms with Crippen LogP contribution < -0.4 is 15.2 Å². The van der Waals surface area contributed by atoms with Crippen LogP contribution in [-0.4, -0.2) is 19.8 Å². The lowest BCUT2D eigenvalue weighted by molar-refractivity contribution is 0.295. The fraction of sp³-hybridized carbons (Fsp3) is 0.647. The van der Waals surface area contributed by atoms with Crippen molar-refractivity contribution in [2.75, 3.05) is 19.8 Å². The lowest BCUT2D eigenvalue weighted by Gasteiger charge is -2.32. The summed E-state index contributed by atoms with van der Waals surface area (Å²) in [6.45, 7) is 4.36. The number of hydrogen-bond acceptors (Lipinski definition) is 3. The highest BCUT2D eigenvalue weighted by Gasteiger charge is 2.38. The first-order valence-corrected chi connectivity index (χ1v) is 8.82. The molecule has 116 valence electrons. The highest BCUT2D eigenvalue weighted by molar-refractivity contribution is 9.10. The molecule has 1 aromatic rings. The predicted octanol–water partition coefficient (Wildman–Crippen LogP) is 3.94. The van der Waals surface area contributed by atoms with Crippen LogP contribution in [0.4, 0.5) is 0 Å². The highest BCUT2D eigenvalue weighted by atomic mass is 79.9. The number of rotatable bonds is 3. The third kappa shape index (κ3) is 2.57. The standard InChI is InChI=1S/C17H24BrNO2/c1-2-12-13(17(11-19)6-3-4-7-17)10-14(18)16-15(12)20-8-5-9-21-16/h10H,2-9,11,19H2,1H3. The van der Waals surface area contributed by atoms with Crippen molar-refractivity contribution in [1.82, 2.24) is 0 Å². The lowest BCUT2D eigenvalue weighted by atomic mass is 9.76. The molecule has 0 amide bonds. The van der Waals surface area contributed by atoms with Crippen LogP contribution in [-0.2, 0) is 11.8 Å². The maximum absolute atomic E-state index is 6.19. The average Bonchev–Trinajstić information content (AvgIpc) is 2.85. The van der Waals surface area contributed by atoms with E-state index in [0.717, 1.165) is 42.0 Å². The highest BCUT2D eigenvalue weighted by Crippen LogP contribution is 2.49. The summed E-state index contributed by atoms with van der Waals surface area (Å²) in [4.78, 5) is 0. The Balaban J connectivity index is 2.17. The van der Waals surface area contributed by atoms with Gasteiger partial charge in [-0.15, -0.1) is 0 Å². The van der Waals surface area contributed by atoms with Gasteiger partial charge in [-0.05, 0) is 46.8 Å². The molecule has 0 bridgehead atoms. The van der Waals surface area contributed by atoms with E-state index in [-0.39, 0.29) is 5.41 Å². The average molecular weight is 354 g/mol. The molecule has 4 heteroatoms. The minimum Gasteiger partial charge on any atom is -0.489 e. The van der Waals surface area contributed by atoms with Crippen molar-refractivity contribution in [3.8, 4) is 11.5 Å². The second-order valence-corrected chi connectivity index (χ2v) is 6.99. The molecule has 3 rings (SSSR count). The van der Waals surface area contributed by atoms with Crippen molar-refractivity contribution < 1.29 is 9.47 Å². The van der Waals surface area contributed by atoms with Gasteiger partial charge in [0.05, 0.1) is 17.7 Å². The Kier molecular flexibility index (Phi) is 4.46. The van der Waals surface area contributed by atoms with Gasteiger partial charge in [-0.25, -0.2) is 0 Å². The molecule has 1 aliphatic heterocycles. The van der Waals surface area contributed by atoms with Crippen LogP contribution in [0.1, 0.15) is 50.2 Å². The Bertz CT molecular complexity index is 524. The molecule has 1 fully saturated rings. The van der Waals surface area contributed by atoms with Crippen LogP contribution in [0, 0.1) is 0 Å². The first-order valence-electron chi connectivity index (χ1n) is 8.03. The van der Waals surface area contributed by atoms with Gasteiger partial charge in [0.15, 0.2) is 11.5 Å². The van der Waals surface area contributed by atoms with Gasteiger partial charge in [-0.3, -0.25) is 0 Å². The molecule has 1 aromatic carbocycles. The maximum Gasteiger partial charge on any atom is 0.175 e. The van der Waals surface area contributed by atoms with E-state index in [0.29, 0.717) is 6.54 Å². The van der Waals surface area contributed by atoms with Crippen LogP contribution in [0.25, 0.3) is 0 Å². The van der Waals surface area contributed by atoms with E-state index in [4.69, 9.17) is 15.2 Å². The Hall–Kier alpha value is -0.740. The summed E-state index contributed by atoms with van der Waals surface area (Å²) < 4.78 is 13.0. The molecule has 1 saturated carbocycles. The van der Waals surface area contributed by atoms with E-state index < -0.39 is 0 Å². The Morgan fingerprint density at radius 2 is 1.81 bits per heavy atom. The van der Waals surface area contributed by atoms with E-state index >= 15 is 0 Å². The van der Waals surface area contributed by atoms with Gasteiger partial charge in [0.2, 0.25) is 0 Å². The van der Waals surface area contributed by atoms with Gasteiger partial charge in [0.1, 0.15) is 0 Å². The monoisotopic (exact) mass is 353 g/mol. The molecule has 21 heavy (non-hydrogen) atoms. The third-order valence-corrected chi connectivity index (χ3v) is 5.54. The van der Waals surface area contributed by atoms with Crippen LogP contribution in [0.15, 0.2) is 10.5 Å². The molecule has 0 radical (unpaired) electrons. The molecule has 2 aliphatic rings. The number of fused-ring (bicyclic) bond motifs is 1. The van der Waals surface area contributed by atoms with Gasteiger partial charge in [-0.2, -0.15) is 0 Å². The van der Waals surface area contributed by atoms with Gasteiger partial charge < -0.3 is 15.2 Å². The van der Waals surface area contributed by atoms with Crippen molar-refractivity contribution in [2.45, 2.75) is 50.9 Å². The number of halogens is 1. The molecule has 1 aliphatic carbocycles. The summed E-state index contributed by atoms with van der Waals surface area (Å²) in [5.74, 6) is 1.82. The number of nitrogens with two attached hydrogens (primary N) is 1. The van der Waals surface area contributed by atoms with Crippen LogP contribution in [0.3, 0.4) is 0 Å². The summed E-state index contributed by atoms with van der Waals surface area (Å²) in [5.41, 5.74) is 8.99. The van der Waals surface area contributed by atoms with Gasteiger partial charge in [0, 0.05) is 23.9 Å². The summed E-state index contributed by atoms with van der Waals surface area (Å²) in [6.07, 6.45) is 6.79. The molecule has 1 heterocycles. The molecule has 0 aromatic heterocycles. The van der Waals surface area contributed by atoms with Gasteiger partial charge in [-0.1, -0.05) is 19.8 Å². The van der Waals surface area contributed by atoms with E-state index in [9.17, 15) is 0 Å². The maximum atomic E-state index is 6.19. The second kappa shape index (κ2) is 6.17. The van der Waals surface area contributed by atoms with Crippen molar-refractivity contribution in [1.29, 1.82) is 0 Å². The Morgan fingerprint density at radius 3 is 2.43 bits per heavy atom. The minimum atomic E-state index is 0.124. The number of ether oxygens (including phenoxy) is 2. The van der Waals surface area contributed by atoms with E-state index in [2.05, 4.69) is 28.9 Å². The van der Waals surface area contributed by atoms with Crippen LogP contribution in [0.2, 0.25) is 0 Å². The van der Waals surface area contributed by atoms with Crippen LogP contribution >= 0.6 is 15.9 Å². The molecule has 0 spiro atoms. The first kappa shape index (κ1) is 15.2. The number of benzene rings is 1. The summed E-state index contributed by atoms with van der Waals surface area (Å²) in [6, 6.07) is 2.24. The third-order valence-electron chi connectivity index (χ3n) is 4.95. The second-order valence-electron chi connectivity index (χ2n) is 6.14. The van der Waals surface area contributed by atoms with Crippen molar-refractivity contribution in [2.24, 2.45) is 5.73 Å². The Labute approximate surface area is 135 Å². The SMILES string of the molecule is CCc1c(C2(CN)CCCC2)cc(Br)c2c1OCCCO2. The van der Waals surface area contributed by atoms with E-state index in [1.807, 2.05) is 0 Å². The topological polar surface area (TPSA) is 44.5 Å². The number of hydrogen-bond donors (Lipinski definition) is 1. The first-order chi connectivity index (χ1) is 10.2. The fourth-order valence-electron chi connectivity index (χ4n) is 3.80. The molecule has 2 N–H and O–H groups in total. The van der Waals surface area contributed by atoms with Crippen molar-refractivity contribution in [3.63, 3.8) is 0 Å². The molecule has 0 atom stereocenters. The normalized spacial score (nSPS) is 20.3. The van der Waals surface area contributed by atoms with Crippen molar-refractivity contribution >= 4 is 15.9 Å². The molecule has 0 saturated heterocycles. The Morgan fingerprint density at radius 1 is 1.14 bits per heavy atom.